The minimum absolute atomic E-state index is 0.0603. The van der Waals surface area contributed by atoms with Crippen molar-refractivity contribution in [1.82, 2.24) is 4.90 Å². The molecule has 0 bridgehead atoms. The van der Waals surface area contributed by atoms with Gasteiger partial charge < -0.3 is 10.2 Å². The van der Waals surface area contributed by atoms with Crippen LogP contribution >= 0.6 is 0 Å². The third kappa shape index (κ3) is 5.83. The van der Waals surface area contributed by atoms with Crippen molar-refractivity contribution in [3.8, 4) is 0 Å². The number of nitrogens with one attached hydrogen (secondary N) is 1. The lowest BCUT2D eigenvalue weighted by molar-refractivity contribution is -0.142. The minimum atomic E-state index is -3.13. The van der Waals surface area contributed by atoms with Crippen molar-refractivity contribution in [3.05, 3.63) is 29.8 Å². The number of hydrogen-bond acceptors (Lipinski definition) is 4. The molecule has 0 aliphatic carbocycles. The number of piperidine rings is 1. The predicted molar refractivity (Wildman–Crippen MR) is 102 cm³/mol. The summed E-state index contributed by atoms with van der Waals surface area (Å²) in [4.78, 5) is 26.8. The Morgan fingerprint density at radius 3 is 2.58 bits per heavy atom. The molecule has 1 aliphatic heterocycles. The van der Waals surface area contributed by atoms with Crippen LogP contribution in [0, 0.1) is 11.3 Å². The average Bonchev–Trinajstić information content (AvgIpc) is 2.52. The monoisotopic (exact) mass is 380 g/mol. The number of likely N-dealkylation sites (tertiary alicyclic amines) is 1. The second-order valence-corrected chi connectivity index (χ2v) is 10.2. The molecule has 6 nitrogen and oxygen atoms in total. The van der Waals surface area contributed by atoms with Gasteiger partial charge in [0.05, 0.1) is 11.7 Å². The van der Waals surface area contributed by atoms with E-state index < -0.39 is 15.3 Å². The van der Waals surface area contributed by atoms with Gasteiger partial charge in [-0.1, -0.05) is 32.9 Å². The Kier molecular flexibility index (Phi) is 6.11. The molecule has 144 valence electrons. The van der Waals surface area contributed by atoms with Gasteiger partial charge in [-0.05, 0) is 30.5 Å². The van der Waals surface area contributed by atoms with Crippen LogP contribution in [-0.4, -0.2) is 44.5 Å². The van der Waals surface area contributed by atoms with E-state index in [4.69, 9.17) is 0 Å². The predicted octanol–water partition coefficient (Wildman–Crippen LogP) is 2.45. The number of amides is 2. The van der Waals surface area contributed by atoms with Crippen molar-refractivity contribution < 1.29 is 18.0 Å². The van der Waals surface area contributed by atoms with Crippen molar-refractivity contribution >= 4 is 27.3 Å². The Bertz CT molecular complexity index is 781. The molecule has 0 aromatic heterocycles. The van der Waals surface area contributed by atoms with Gasteiger partial charge >= 0.3 is 0 Å². The molecule has 0 radical (unpaired) electrons. The number of anilines is 1. The maximum Gasteiger partial charge on any atom is 0.229 e. The zero-order valence-corrected chi connectivity index (χ0v) is 16.7. The fourth-order valence-corrected chi connectivity index (χ4v) is 3.92. The molecule has 1 saturated heterocycles. The molecule has 1 heterocycles. The van der Waals surface area contributed by atoms with Gasteiger partial charge in [-0.15, -0.1) is 0 Å². The Morgan fingerprint density at radius 2 is 1.96 bits per heavy atom. The Morgan fingerprint density at radius 1 is 1.27 bits per heavy atom. The SMILES string of the molecule is CC(C)(C)C(=O)N1CCCC(C(=O)Nc2cccc(CS(C)(=O)=O)c2)C1. The third-order valence-electron chi connectivity index (χ3n) is 4.34. The van der Waals surface area contributed by atoms with Crippen LogP contribution < -0.4 is 5.32 Å². The third-order valence-corrected chi connectivity index (χ3v) is 5.20. The number of carbonyl (C=O) groups is 2. The number of benzene rings is 1. The number of nitrogens with zero attached hydrogens (tertiary/aromatic N) is 1. The van der Waals surface area contributed by atoms with Gasteiger partial charge in [-0.2, -0.15) is 0 Å². The molecule has 1 N–H and O–H groups in total. The van der Waals surface area contributed by atoms with Crippen molar-refractivity contribution in [3.63, 3.8) is 0 Å². The van der Waals surface area contributed by atoms with Crippen LogP contribution in [0.3, 0.4) is 0 Å². The van der Waals surface area contributed by atoms with E-state index in [0.717, 1.165) is 12.8 Å². The summed E-state index contributed by atoms with van der Waals surface area (Å²) in [6.07, 6.45) is 2.72. The molecule has 1 unspecified atom stereocenters. The first-order valence-corrected chi connectivity index (χ1v) is 10.9. The van der Waals surface area contributed by atoms with Gasteiger partial charge in [0.25, 0.3) is 0 Å². The highest BCUT2D eigenvalue weighted by atomic mass is 32.2. The summed E-state index contributed by atoms with van der Waals surface area (Å²) in [5, 5.41) is 2.86. The van der Waals surface area contributed by atoms with Crippen LogP contribution in [0.5, 0.6) is 0 Å². The molecule has 0 saturated carbocycles. The van der Waals surface area contributed by atoms with E-state index in [2.05, 4.69) is 5.32 Å². The van der Waals surface area contributed by atoms with E-state index in [9.17, 15) is 18.0 Å². The first-order valence-electron chi connectivity index (χ1n) is 8.82. The molecule has 1 aromatic rings. The van der Waals surface area contributed by atoms with Gasteiger partial charge in [-0.25, -0.2) is 8.42 Å². The van der Waals surface area contributed by atoms with Gasteiger partial charge in [0.15, 0.2) is 9.84 Å². The summed E-state index contributed by atoms with van der Waals surface area (Å²) in [5.41, 5.74) is 0.757. The van der Waals surface area contributed by atoms with E-state index in [1.165, 1.54) is 6.26 Å². The minimum Gasteiger partial charge on any atom is -0.341 e. The first kappa shape index (κ1) is 20.4. The fourth-order valence-electron chi connectivity index (χ4n) is 3.14. The second-order valence-electron chi connectivity index (χ2n) is 8.10. The molecule has 1 atom stereocenters. The Balaban J connectivity index is 2.03. The van der Waals surface area contributed by atoms with Crippen molar-refractivity contribution in [2.24, 2.45) is 11.3 Å². The molecule has 1 aliphatic rings. The number of sulfone groups is 1. The first-order chi connectivity index (χ1) is 12.0. The highest BCUT2D eigenvalue weighted by Crippen LogP contribution is 2.24. The summed E-state index contributed by atoms with van der Waals surface area (Å²) in [7, 11) is -3.13. The standard InChI is InChI=1S/C19H28N2O4S/c1-19(2,3)18(23)21-10-6-8-15(12-21)17(22)20-16-9-5-7-14(11-16)13-26(4,24)25/h5,7,9,11,15H,6,8,10,12-13H2,1-4H3,(H,20,22). The summed E-state index contributed by atoms with van der Waals surface area (Å²) < 4.78 is 22.9. The molecule has 1 fully saturated rings. The van der Waals surface area contributed by atoms with Crippen LogP contribution in [0.15, 0.2) is 24.3 Å². The molecule has 7 heteroatoms. The van der Waals surface area contributed by atoms with Crippen LogP contribution in [-0.2, 0) is 25.2 Å². The molecule has 0 spiro atoms. The zero-order chi connectivity index (χ0) is 19.5. The largest absolute Gasteiger partial charge is 0.341 e. The average molecular weight is 381 g/mol. The van der Waals surface area contributed by atoms with E-state index in [0.29, 0.717) is 24.3 Å². The van der Waals surface area contributed by atoms with Crippen molar-refractivity contribution in [2.75, 3.05) is 24.7 Å². The zero-order valence-electron chi connectivity index (χ0n) is 15.9. The quantitative estimate of drug-likeness (QED) is 0.870. The highest BCUT2D eigenvalue weighted by Gasteiger charge is 2.33. The van der Waals surface area contributed by atoms with Gasteiger partial charge in [0.2, 0.25) is 11.8 Å². The lowest BCUT2D eigenvalue weighted by atomic mass is 9.91. The van der Waals surface area contributed by atoms with Crippen LogP contribution in [0.4, 0.5) is 5.69 Å². The van der Waals surface area contributed by atoms with E-state index in [1.54, 1.807) is 29.2 Å². The molecule has 2 amide bonds. The number of rotatable bonds is 4. The maximum absolute atomic E-state index is 12.6. The Hall–Kier alpha value is -1.89. The second kappa shape index (κ2) is 7.78. The molecular weight excluding hydrogens is 352 g/mol. The molecular formula is C19H28N2O4S. The lowest BCUT2D eigenvalue weighted by Crippen LogP contribution is -2.47. The van der Waals surface area contributed by atoms with Crippen LogP contribution in [0.1, 0.15) is 39.2 Å². The molecule has 2 rings (SSSR count). The topological polar surface area (TPSA) is 83.6 Å². The fraction of sp³-hybridized carbons (Fsp3) is 0.579. The van der Waals surface area contributed by atoms with Gasteiger partial charge in [0.1, 0.15) is 0 Å². The summed E-state index contributed by atoms with van der Waals surface area (Å²) in [6, 6.07) is 6.87. The van der Waals surface area contributed by atoms with E-state index in [1.807, 2.05) is 20.8 Å². The van der Waals surface area contributed by atoms with E-state index in [-0.39, 0.29) is 23.5 Å². The lowest BCUT2D eigenvalue weighted by Gasteiger charge is -2.35. The number of carbonyl (C=O) groups excluding carboxylic acids is 2. The maximum atomic E-state index is 12.6. The van der Waals surface area contributed by atoms with Gasteiger partial charge in [0, 0.05) is 30.4 Å². The normalized spacial score (nSPS) is 18.5. The van der Waals surface area contributed by atoms with Gasteiger partial charge in [-0.3, -0.25) is 9.59 Å². The summed E-state index contributed by atoms with van der Waals surface area (Å²) in [6.45, 7) is 6.75. The smallest absolute Gasteiger partial charge is 0.229 e. The van der Waals surface area contributed by atoms with Crippen molar-refractivity contribution in [2.45, 2.75) is 39.4 Å². The Labute approximate surface area is 155 Å². The molecule has 26 heavy (non-hydrogen) atoms. The summed E-state index contributed by atoms with van der Waals surface area (Å²) >= 11 is 0. The number of hydrogen-bond donors (Lipinski definition) is 1. The van der Waals surface area contributed by atoms with Crippen LogP contribution in [0.2, 0.25) is 0 Å². The highest BCUT2D eigenvalue weighted by molar-refractivity contribution is 7.89. The summed E-state index contributed by atoms with van der Waals surface area (Å²) in [5.74, 6) is -0.389. The van der Waals surface area contributed by atoms with Crippen molar-refractivity contribution in [1.29, 1.82) is 0 Å². The van der Waals surface area contributed by atoms with E-state index >= 15 is 0 Å². The molecule has 1 aromatic carbocycles. The van der Waals surface area contributed by atoms with Crippen LogP contribution in [0.25, 0.3) is 0 Å².